The number of hydrogen-bond acceptors (Lipinski definition) is 0. The van der Waals surface area contributed by atoms with Crippen molar-refractivity contribution in [2.75, 3.05) is 0 Å². The van der Waals surface area contributed by atoms with Crippen LogP contribution in [0.2, 0.25) is 0 Å². The molecule has 0 aromatic rings. The Morgan fingerprint density at radius 2 is 2.08 bits per heavy atom. The molecular formula is C12H22. The number of allylic oxidation sites excluding steroid dienone is 1. The van der Waals surface area contributed by atoms with E-state index in [9.17, 15) is 0 Å². The van der Waals surface area contributed by atoms with Crippen molar-refractivity contribution >= 4 is 0 Å². The molecule has 0 aromatic carbocycles. The van der Waals surface area contributed by atoms with Crippen molar-refractivity contribution in [3.63, 3.8) is 0 Å². The maximum absolute atomic E-state index is 4.16. The van der Waals surface area contributed by atoms with Crippen LogP contribution in [0.4, 0.5) is 0 Å². The van der Waals surface area contributed by atoms with Crippen LogP contribution in [-0.2, 0) is 0 Å². The van der Waals surface area contributed by atoms with E-state index in [1.807, 2.05) is 0 Å². The summed E-state index contributed by atoms with van der Waals surface area (Å²) < 4.78 is 0. The first kappa shape index (κ1) is 9.83. The van der Waals surface area contributed by atoms with Gasteiger partial charge in [-0.05, 0) is 31.1 Å². The lowest BCUT2D eigenvalue weighted by Crippen LogP contribution is -1.87. The van der Waals surface area contributed by atoms with E-state index < -0.39 is 0 Å². The largest absolute Gasteiger partial charge is 0.0996 e. The molecule has 1 aliphatic carbocycles. The van der Waals surface area contributed by atoms with Gasteiger partial charge >= 0.3 is 0 Å². The van der Waals surface area contributed by atoms with E-state index in [-0.39, 0.29) is 0 Å². The van der Waals surface area contributed by atoms with Crippen molar-refractivity contribution in [1.82, 2.24) is 0 Å². The van der Waals surface area contributed by atoms with Crippen LogP contribution in [0.5, 0.6) is 0 Å². The maximum Gasteiger partial charge on any atom is -0.0174 e. The van der Waals surface area contributed by atoms with Crippen molar-refractivity contribution in [1.29, 1.82) is 0 Å². The van der Waals surface area contributed by atoms with Crippen molar-refractivity contribution < 1.29 is 0 Å². The fourth-order valence-electron chi connectivity index (χ4n) is 2.04. The molecule has 0 N–H and O–H groups in total. The van der Waals surface area contributed by atoms with Gasteiger partial charge in [-0.15, -0.1) is 0 Å². The summed E-state index contributed by atoms with van der Waals surface area (Å²) in [6.07, 6.45) is 8.19. The fourth-order valence-corrected chi connectivity index (χ4v) is 2.04. The van der Waals surface area contributed by atoms with Gasteiger partial charge in [0, 0.05) is 0 Å². The van der Waals surface area contributed by atoms with Gasteiger partial charge in [-0.2, -0.15) is 0 Å². The number of rotatable bonds is 6. The Kier molecular flexibility index (Phi) is 3.84. The predicted molar refractivity (Wildman–Crippen MR) is 55.2 cm³/mol. The van der Waals surface area contributed by atoms with Crippen LogP contribution in [-0.4, -0.2) is 0 Å². The van der Waals surface area contributed by atoms with Crippen LogP contribution in [0, 0.1) is 11.8 Å². The smallest absolute Gasteiger partial charge is 0.0174 e. The Morgan fingerprint density at radius 3 is 2.67 bits per heavy atom. The van der Waals surface area contributed by atoms with Gasteiger partial charge in [0.05, 0.1) is 0 Å². The van der Waals surface area contributed by atoms with Gasteiger partial charge in [0.25, 0.3) is 0 Å². The van der Waals surface area contributed by atoms with E-state index in [0.29, 0.717) is 0 Å². The highest BCUT2D eigenvalue weighted by Gasteiger charge is 2.37. The van der Waals surface area contributed by atoms with E-state index in [1.54, 1.807) is 0 Å². The summed E-state index contributed by atoms with van der Waals surface area (Å²) >= 11 is 0. The van der Waals surface area contributed by atoms with Gasteiger partial charge in [0.1, 0.15) is 0 Å². The van der Waals surface area contributed by atoms with Gasteiger partial charge in [-0.25, -0.2) is 0 Å². The van der Waals surface area contributed by atoms with Gasteiger partial charge in [0.15, 0.2) is 0 Å². The second-order valence-corrected chi connectivity index (χ2v) is 4.15. The molecule has 0 saturated heterocycles. The van der Waals surface area contributed by atoms with Crippen LogP contribution in [0.25, 0.3) is 0 Å². The SMILES string of the molecule is C=C(CCC)C1CC1CCCC. The summed E-state index contributed by atoms with van der Waals surface area (Å²) in [5.41, 5.74) is 1.53. The van der Waals surface area contributed by atoms with Crippen LogP contribution in [0.3, 0.4) is 0 Å². The van der Waals surface area contributed by atoms with Crippen molar-refractivity contribution in [3.05, 3.63) is 12.2 Å². The van der Waals surface area contributed by atoms with Crippen LogP contribution < -0.4 is 0 Å². The van der Waals surface area contributed by atoms with Crippen molar-refractivity contribution in [2.24, 2.45) is 11.8 Å². The molecule has 2 atom stereocenters. The molecule has 0 amide bonds. The average molecular weight is 166 g/mol. The average Bonchev–Trinajstić information content (AvgIpc) is 2.80. The molecule has 0 heterocycles. The van der Waals surface area contributed by atoms with Gasteiger partial charge in [0.2, 0.25) is 0 Å². The monoisotopic (exact) mass is 166 g/mol. The first-order valence-electron chi connectivity index (χ1n) is 5.47. The summed E-state index contributed by atoms with van der Waals surface area (Å²) in [6, 6.07) is 0. The molecule has 12 heavy (non-hydrogen) atoms. The molecule has 0 radical (unpaired) electrons. The van der Waals surface area contributed by atoms with Gasteiger partial charge in [-0.3, -0.25) is 0 Å². The minimum atomic E-state index is 0.913. The molecule has 1 aliphatic rings. The van der Waals surface area contributed by atoms with Gasteiger partial charge in [-0.1, -0.05) is 45.3 Å². The highest BCUT2D eigenvalue weighted by molar-refractivity contribution is 5.11. The van der Waals surface area contributed by atoms with E-state index >= 15 is 0 Å². The molecule has 0 aromatic heterocycles. The highest BCUT2D eigenvalue weighted by atomic mass is 14.4. The zero-order valence-electron chi connectivity index (χ0n) is 8.60. The third kappa shape index (κ3) is 2.66. The number of unbranched alkanes of at least 4 members (excludes halogenated alkanes) is 1. The molecule has 0 spiro atoms. The van der Waals surface area contributed by atoms with E-state index in [1.165, 1.54) is 44.1 Å². The molecule has 0 aliphatic heterocycles. The normalized spacial score (nSPS) is 27.2. The molecule has 2 unspecified atom stereocenters. The lowest BCUT2D eigenvalue weighted by molar-refractivity contribution is 0.619. The third-order valence-electron chi connectivity index (χ3n) is 2.95. The first-order chi connectivity index (χ1) is 5.79. The Bertz CT molecular complexity index is 146. The molecule has 1 rings (SSSR count). The van der Waals surface area contributed by atoms with E-state index in [0.717, 1.165) is 11.8 Å². The molecule has 70 valence electrons. The summed E-state index contributed by atoms with van der Waals surface area (Å²) in [4.78, 5) is 0. The van der Waals surface area contributed by atoms with Crippen LogP contribution >= 0.6 is 0 Å². The standard InChI is InChI=1S/C12H22/c1-4-6-8-11-9-12(11)10(3)7-5-2/h11-12H,3-9H2,1-2H3. The summed E-state index contributed by atoms with van der Waals surface area (Å²) in [7, 11) is 0. The molecule has 1 saturated carbocycles. The van der Waals surface area contributed by atoms with Crippen LogP contribution in [0.1, 0.15) is 52.4 Å². The van der Waals surface area contributed by atoms with Crippen molar-refractivity contribution in [2.45, 2.75) is 52.4 Å². The second kappa shape index (κ2) is 4.69. The zero-order valence-corrected chi connectivity index (χ0v) is 8.60. The van der Waals surface area contributed by atoms with E-state index in [2.05, 4.69) is 20.4 Å². The quantitative estimate of drug-likeness (QED) is 0.519. The Labute approximate surface area is 77.1 Å². The zero-order chi connectivity index (χ0) is 8.97. The number of hydrogen-bond donors (Lipinski definition) is 0. The lowest BCUT2D eigenvalue weighted by Gasteiger charge is -2.01. The molecule has 1 fully saturated rings. The van der Waals surface area contributed by atoms with Crippen molar-refractivity contribution in [3.8, 4) is 0 Å². The second-order valence-electron chi connectivity index (χ2n) is 4.15. The highest BCUT2D eigenvalue weighted by Crippen LogP contribution is 2.47. The fraction of sp³-hybridized carbons (Fsp3) is 0.833. The Balaban J connectivity index is 2.10. The molecule has 0 heteroatoms. The third-order valence-corrected chi connectivity index (χ3v) is 2.95. The Hall–Kier alpha value is -0.260. The molecule has 0 nitrogen and oxygen atoms in total. The summed E-state index contributed by atoms with van der Waals surface area (Å²) in [5.74, 6) is 1.93. The summed E-state index contributed by atoms with van der Waals surface area (Å²) in [5, 5.41) is 0. The minimum Gasteiger partial charge on any atom is -0.0996 e. The van der Waals surface area contributed by atoms with E-state index in [4.69, 9.17) is 0 Å². The maximum atomic E-state index is 4.16. The topological polar surface area (TPSA) is 0 Å². The minimum absolute atomic E-state index is 0.913. The summed E-state index contributed by atoms with van der Waals surface area (Å²) in [6.45, 7) is 8.69. The Morgan fingerprint density at radius 1 is 1.33 bits per heavy atom. The first-order valence-corrected chi connectivity index (χ1v) is 5.47. The molecular weight excluding hydrogens is 144 g/mol. The van der Waals surface area contributed by atoms with Crippen LogP contribution in [0.15, 0.2) is 12.2 Å². The predicted octanol–water partition coefficient (Wildman–Crippen LogP) is 4.17. The lowest BCUT2D eigenvalue weighted by atomic mass is 10.0. The molecule has 0 bridgehead atoms. The van der Waals surface area contributed by atoms with Gasteiger partial charge < -0.3 is 0 Å².